The molecule has 3 N–H and O–H groups in total. The van der Waals surface area contributed by atoms with Gasteiger partial charge in [0.05, 0.1) is 17.6 Å². The van der Waals surface area contributed by atoms with Crippen molar-refractivity contribution in [3.8, 4) is 0 Å². The Morgan fingerprint density at radius 1 is 1.27 bits per heavy atom. The lowest BCUT2D eigenvalue weighted by Crippen LogP contribution is -2.38. The molecule has 2 rings (SSSR count). The molecular weight excluding hydrogens is 372 g/mol. The molecule has 0 aliphatic carbocycles. The molecule has 30 heavy (non-hydrogen) atoms. The van der Waals surface area contributed by atoms with E-state index in [1.54, 1.807) is 7.11 Å². The summed E-state index contributed by atoms with van der Waals surface area (Å²) < 4.78 is 5.82. The first-order chi connectivity index (χ1) is 14.4. The number of benzene rings is 1. The maximum Gasteiger partial charge on any atom is 0.0617 e. The van der Waals surface area contributed by atoms with Crippen LogP contribution >= 0.6 is 0 Å². The normalized spacial score (nSPS) is 16.4. The lowest BCUT2D eigenvalue weighted by Gasteiger charge is -2.37. The van der Waals surface area contributed by atoms with E-state index in [4.69, 9.17) is 4.74 Å². The third kappa shape index (κ3) is 5.23. The molecule has 0 amide bonds. The minimum Gasteiger partial charge on any atom is -0.390 e. The molecule has 2 atom stereocenters. The predicted molar refractivity (Wildman–Crippen MR) is 128 cm³/mol. The van der Waals surface area contributed by atoms with E-state index < -0.39 is 11.0 Å². The summed E-state index contributed by atoms with van der Waals surface area (Å²) >= 11 is 0. The van der Waals surface area contributed by atoms with Crippen LogP contribution in [0.1, 0.15) is 58.2 Å². The summed E-state index contributed by atoms with van der Waals surface area (Å²) in [7, 11) is 1.75. The molecule has 1 heterocycles. The molecule has 166 valence electrons. The summed E-state index contributed by atoms with van der Waals surface area (Å²) in [4.78, 5) is 3.74. The number of likely N-dealkylation sites (N-methyl/N-ethyl adjacent to an activating group) is 1. The van der Waals surface area contributed by atoms with Crippen LogP contribution in [0, 0.1) is 0 Å². The van der Waals surface area contributed by atoms with Crippen LogP contribution in [-0.2, 0) is 16.6 Å². The average Bonchev–Trinajstić information content (AvgIpc) is 3.12. The molecule has 0 radical (unpaired) electrons. The van der Waals surface area contributed by atoms with Gasteiger partial charge in [-0.05, 0) is 69.8 Å². The van der Waals surface area contributed by atoms with Gasteiger partial charge in [-0.2, -0.15) is 0 Å². The Balaban J connectivity index is 2.71. The standard InChI is InChI=1S/C26H40N2O2/c1-7-20(8-2)26(19-30-6,17-16-25(5,29)9-3)24-22(15-18-27-10-4)21-13-11-12-14-23(21)28-24/h7-8,11-14,27-29H,1,9-10,15-19H2,2-6H3/b20-8+/t25-,26-/m0/s1. The van der Waals surface area contributed by atoms with Crippen LogP contribution < -0.4 is 5.32 Å². The average molecular weight is 413 g/mol. The van der Waals surface area contributed by atoms with Gasteiger partial charge in [-0.15, -0.1) is 0 Å². The number of aromatic nitrogens is 1. The van der Waals surface area contributed by atoms with Crippen molar-refractivity contribution in [3.63, 3.8) is 0 Å². The van der Waals surface area contributed by atoms with Crippen molar-refractivity contribution in [1.29, 1.82) is 0 Å². The van der Waals surface area contributed by atoms with Gasteiger partial charge in [0.25, 0.3) is 0 Å². The smallest absolute Gasteiger partial charge is 0.0617 e. The Labute approximate surface area is 182 Å². The number of rotatable bonds is 13. The topological polar surface area (TPSA) is 57.3 Å². The lowest BCUT2D eigenvalue weighted by molar-refractivity contribution is 0.0329. The molecule has 0 spiro atoms. The first kappa shape index (κ1) is 24.4. The largest absolute Gasteiger partial charge is 0.390 e. The van der Waals surface area contributed by atoms with Gasteiger partial charge in [-0.1, -0.05) is 50.8 Å². The van der Waals surface area contributed by atoms with Crippen LogP contribution in [0.3, 0.4) is 0 Å². The molecule has 0 aliphatic rings. The first-order valence-electron chi connectivity index (χ1n) is 11.2. The number of nitrogens with one attached hydrogen (secondary N) is 2. The van der Waals surface area contributed by atoms with Gasteiger partial charge in [0, 0.05) is 23.7 Å². The summed E-state index contributed by atoms with van der Waals surface area (Å²) in [5.41, 5.74) is 3.66. The second kappa shape index (κ2) is 10.9. The second-order valence-corrected chi connectivity index (χ2v) is 8.44. The van der Waals surface area contributed by atoms with Crippen LogP contribution in [0.2, 0.25) is 0 Å². The van der Waals surface area contributed by atoms with Crippen LogP contribution in [-0.4, -0.2) is 42.5 Å². The zero-order chi connectivity index (χ0) is 22.2. The van der Waals surface area contributed by atoms with E-state index in [2.05, 4.69) is 61.1 Å². The Morgan fingerprint density at radius 2 is 2.00 bits per heavy atom. The number of aliphatic hydroxyl groups is 1. The monoisotopic (exact) mass is 412 g/mol. The first-order valence-corrected chi connectivity index (χ1v) is 11.2. The zero-order valence-electron chi connectivity index (χ0n) is 19.5. The number of hydrogen-bond donors (Lipinski definition) is 3. The molecule has 1 aromatic carbocycles. The molecule has 0 bridgehead atoms. The van der Waals surface area contributed by atoms with Gasteiger partial charge in [-0.25, -0.2) is 0 Å². The molecule has 0 unspecified atom stereocenters. The molecule has 2 aromatic rings. The number of hydrogen-bond acceptors (Lipinski definition) is 3. The minimum atomic E-state index is -0.713. The summed E-state index contributed by atoms with van der Waals surface area (Å²) in [6.07, 6.45) is 7.17. The molecule has 1 aromatic heterocycles. The highest BCUT2D eigenvalue weighted by molar-refractivity contribution is 5.85. The fourth-order valence-corrected chi connectivity index (χ4v) is 4.40. The van der Waals surface area contributed by atoms with Crippen LogP contribution in [0.4, 0.5) is 0 Å². The highest BCUT2D eigenvalue weighted by Gasteiger charge is 2.40. The lowest BCUT2D eigenvalue weighted by atomic mass is 9.70. The Morgan fingerprint density at radius 3 is 2.60 bits per heavy atom. The number of H-pyrrole nitrogens is 1. The summed E-state index contributed by atoms with van der Waals surface area (Å²) in [6, 6.07) is 8.50. The third-order valence-corrected chi connectivity index (χ3v) is 6.42. The van der Waals surface area contributed by atoms with Crippen LogP contribution in [0.5, 0.6) is 0 Å². The summed E-state index contributed by atoms with van der Waals surface area (Å²) in [5, 5.41) is 15.5. The summed E-state index contributed by atoms with van der Waals surface area (Å²) in [5.74, 6) is 0. The SMILES string of the molecule is C=C/C(=C\C)[C@](CC[C@@](C)(O)CC)(COC)c1[nH]c2ccccc2c1CCNCC. The number of para-hydroxylation sites is 1. The van der Waals surface area contributed by atoms with Crippen LogP contribution in [0.25, 0.3) is 10.9 Å². The van der Waals surface area contributed by atoms with Crippen LogP contribution in [0.15, 0.2) is 48.6 Å². The van der Waals surface area contributed by atoms with Crippen molar-refractivity contribution >= 4 is 10.9 Å². The van der Waals surface area contributed by atoms with Gasteiger partial charge in [0.1, 0.15) is 0 Å². The van der Waals surface area contributed by atoms with Gasteiger partial charge in [-0.3, -0.25) is 0 Å². The van der Waals surface area contributed by atoms with Crippen molar-refractivity contribution in [1.82, 2.24) is 10.3 Å². The number of allylic oxidation sites excluding steroid dienone is 2. The maximum atomic E-state index is 10.8. The maximum absolute atomic E-state index is 10.8. The molecule has 4 heteroatoms. The van der Waals surface area contributed by atoms with Crippen molar-refractivity contribution < 1.29 is 9.84 Å². The van der Waals surface area contributed by atoms with E-state index in [9.17, 15) is 5.11 Å². The highest BCUT2D eigenvalue weighted by atomic mass is 16.5. The number of aromatic amines is 1. The molecule has 0 fully saturated rings. The summed E-state index contributed by atoms with van der Waals surface area (Å²) in [6.45, 7) is 14.7. The van der Waals surface area contributed by atoms with Gasteiger partial charge in [0.2, 0.25) is 0 Å². The van der Waals surface area contributed by atoms with Crippen molar-refractivity contribution in [3.05, 3.63) is 59.8 Å². The molecule has 4 nitrogen and oxygen atoms in total. The van der Waals surface area contributed by atoms with Gasteiger partial charge < -0.3 is 20.1 Å². The molecule has 0 saturated carbocycles. The van der Waals surface area contributed by atoms with E-state index in [0.717, 1.165) is 43.4 Å². The predicted octanol–water partition coefficient (Wildman–Crippen LogP) is 5.28. The van der Waals surface area contributed by atoms with Gasteiger partial charge >= 0.3 is 0 Å². The van der Waals surface area contributed by atoms with Gasteiger partial charge in [0.15, 0.2) is 0 Å². The minimum absolute atomic E-state index is 0.398. The Hall–Kier alpha value is -1.88. The van der Waals surface area contributed by atoms with E-state index in [-0.39, 0.29) is 0 Å². The van der Waals surface area contributed by atoms with Crippen molar-refractivity contribution in [2.75, 3.05) is 26.8 Å². The molecule has 0 saturated heterocycles. The number of ether oxygens (including phenoxy) is 1. The Bertz CT molecular complexity index is 850. The zero-order valence-corrected chi connectivity index (χ0v) is 19.5. The van der Waals surface area contributed by atoms with E-state index in [1.165, 1.54) is 16.6 Å². The number of fused-ring (bicyclic) bond motifs is 1. The fourth-order valence-electron chi connectivity index (χ4n) is 4.40. The second-order valence-electron chi connectivity index (χ2n) is 8.44. The Kier molecular flexibility index (Phi) is 8.90. The quantitative estimate of drug-likeness (QED) is 0.310. The van der Waals surface area contributed by atoms with E-state index in [1.807, 2.05) is 19.9 Å². The highest BCUT2D eigenvalue weighted by Crippen LogP contribution is 2.43. The van der Waals surface area contributed by atoms with Crippen molar-refractivity contribution in [2.45, 2.75) is 64.4 Å². The van der Waals surface area contributed by atoms with E-state index in [0.29, 0.717) is 13.0 Å². The molecule has 0 aliphatic heterocycles. The number of methoxy groups -OCH3 is 1. The van der Waals surface area contributed by atoms with E-state index >= 15 is 0 Å². The third-order valence-electron chi connectivity index (χ3n) is 6.42. The molecular formula is C26H40N2O2. The van der Waals surface area contributed by atoms with Crippen molar-refractivity contribution in [2.24, 2.45) is 0 Å². The fraction of sp³-hybridized carbons (Fsp3) is 0.538.